The summed E-state index contributed by atoms with van der Waals surface area (Å²) >= 11 is 0. The van der Waals surface area contributed by atoms with Crippen LogP contribution in [0.3, 0.4) is 0 Å². The van der Waals surface area contributed by atoms with Gasteiger partial charge in [0.1, 0.15) is 6.04 Å². The van der Waals surface area contributed by atoms with E-state index >= 15 is 0 Å². The van der Waals surface area contributed by atoms with Crippen LogP contribution in [0, 0.1) is 6.92 Å². The minimum Gasteiger partial charge on any atom is -0.423 e. The highest BCUT2D eigenvalue weighted by Crippen LogP contribution is 2.23. The van der Waals surface area contributed by atoms with E-state index in [0.29, 0.717) is 38.1 Å². The number of rotatable bonds is 5. The zero-order chi connectivity index (χ0) is 16.9. The van der Waals surface area contributed by atoms with Crippen LogP contribution in [0.5, 0.6) is 0 Å². The predicted octanol–water partition coefficient (Wildman–Crippen LogP) is 1.41. The number of aryl methyl sites for hydroxylation is 1. The zero-order valence-electron chi connectivity index (χ0n) is 14.0. The fourth-order valence-corrected chi connectivity index (χ4v) is 2.83. The zero-order valence-corrected chi connectivity index (χ0v) is 14.0. The Hall–Kier alpha value is -2.25. The number of nitrogens with zero attached hydrogens (tertiary/aromatic N) is 4. The van der Waals surface area contributed by atoms with E-state index in [0.717, 1.165) is 6.54 Å². The van der Waals surface area contributed by atoms with Crippen LogP contribution in [0.1, 0.15) is 23.4 Å². The molecule has 3 rings (SSSR count). The van der Waals surface area contributed by atoms with Crippen molar-refractivity contribution in [1.29, 1.82) is 0 Å². The molecule has 1 aromatic carbocycles. The molecule has 1 saturated heterocycles. The summed E-state index contributed by atoms with van der Waals surface area (Å²) in [5, 5.41) is 7.90. The highest BCUT2D eigenvalue weighted by atomic mass is 16.5. The third-order valence-corrected chi connectivity index (χ3v) is 3.98. The molecule has 2 aromatic rings. The van der Waals surface area contributed by atoms with Gasteiger partial charge in [-0.1, -0.05) is 30.3 Å². The second-order valence-electron chi connectivity index (χ2n) is 6.00. The van der Waals surface area contributed by atoms with Crippen LogP contribution in [0.2, 0.25) is 0 Å². The van der Waals surface area contributed by atoms with Crippen molar-refractivity contribution in [2.24, 2.45) is 0 Å². The Morgan fingerprint density at radius 1 is 1.33 bits per heavy atom. The van der Waals surface area contributed by atoms with Crippen LogP contribution >= 0.6 is 0 Å². The molecule has 0 aliphatic carbocycles. The van der Waals surface area contributed by atoms with Crippen LogP contribution in [-0.2, 0) is 16.1 Å². The molecule has 7 heteroatoms. The lowest BCUT2D eigenvalue weighted by Gasteiger charge is -2.34. The molecule has 1 amide bonds. The van der Waals surface area contributed by atoms with E-state index in [-0.39, 0.29) is 11.9 Å². The van der Waals surface area contributed by atoms with Crippen molar-refractivity contribution in [2.75, 3.05) is 33.4 Å². The molecular weight excluding hydrogens is 308 g/mol. The molecule has 0 spiro atoms. The van der Waals surface area contributed by atoms with Gasteiger partial charge in [-0.2, -0.15) is 0 Å². The second kappa shape index (κ2) is 7.55. The number of carbonyl (C=O) groups excluding carboxylic acids is 1. The molecule has 0 bridgehead atoms. The molecule has 2 heterocycles. The van der Waals surface area contributed by atoms with Crippen molar-refractivity contribution in [1.82, 2.24) is 20.0 Å². The van der Waals surface area contributed by atoms with E-state index in [1.54, 1.807) is 11.8 Å². The Morgan fingerprint density at radius 2 is 2.12 bits per heavy atom. The second-order valence-corrected chi connectivity index (χ2v) is 6.00. The molecule has 7 nitrogen and oxygen atoms in total. The molecule has 0 N–H and O–H groups in total. The van der Waals surface area contributed by atoms with Gasteiger partial charge in [-0.25, -0.2) is 0 Å². The summed E-state index contributed by atoms with van der Waals surface area (Å²) in [6, 6.07) is 9.79. The smallest absolute Gasteiger partial charge is 0.241 e. The minimum atomic E-state index is -0.308. The Kier molecular flexibility index (Phi) is 5.22. The maximum atomic E-state index is 12.7. The Balaban J connectivity index is 1.63. The van der Waals surface area contributed by atoms with E-state index in [1.807, 2.05) is 30.1 Å². The van der Waals surface area contributed by atoms with Gasteiger partial charge in [0.05, 0.1) is 19.8 Å². The lowest BCUT2D eigenvalue weighted by Crippen LogP contribution is -2.47. The summed E-state index contributed by atoms with van der Waals surface area (Å²) < 4.78 is 11.0. The number of amides is 1. The van der Waals surface area contributed by atoms with E-state index < -0.39 is 0 Å². The number of likely N-dealkylation sites (N-methyl/N-ethyl adjacent to an activating group) is 1. The summed E-state index contributed by atoms with van der Waals surface area (Å²) in [6.45, 7) is 4.23. The van der Waals surface area contributed by atoms with E-state index in [9.17, 15) is 4.79 Å². The number of hydrogen-bond acceptors (Lipinski definition) is 6. The molecule has 1 aliphatic rings. The number of benzene rings is 1. The third-order valence-electron chi connectivity index (χ3n) is 3.98. The van der Waals surface area contributed by atoms with Crippen molar-refractivity contribution in [3.63, 3.8) is 0 Å². The first-order valence-corrected chi connectivity index (χ1v) is 8.03. The standard InChI is InChI=1S/C17H22N4O3/c1-13-18-19-17(24-13)15-12-23-9-8-21(15)16(22)11-20(2)10-14-6-4-3-5-7-14/h3-7,15H,8-12H2,1-2H3/t15-/m0/s1. The van der Waals surface area contributed by atoms with E-state index in [1.165, 1.54) is 5.56 Å². The van der Waals surface area contributed by atoms with Crippen LogP contribution in [0.15, 0.2) is 34.7 Å². The SMILES string of the molecule is Cc1nnc([C@@H]2COCCN2C(=O)CN(C)Cc2ccccc2)o1. The van der Waals surface area contributed by atoms with E-state index in [4.69, 9.17) is 9.15 Å². The fourth-order valence-electron chi connectivity index (χ4n) is 2.83. The molecule has 0 radical (unpaired) electrons. The summed E-state index contributed by atoms with van der Waals surface area (Å²) in [5.74, 6) is 0.966. The molecule has 128 valence electrons. The molecule has 24 heavy (non-hydrogen) atoms. The number of hydrogen-bond donors (Lipinski definition) is 0. The van der Waals surface area contributed by atoms with Crippen LogP contribution < -0.4 is 0 Å². The lowest BCUT2D eigenvalue weighted by molar-refractivity contribution is -0.142. The molecule has 0 saturated carbocycles. The van der Waals surface area contributed by atoms with Crippen molar-refractivity contribution in [2.45, 2.75) is 19.5 Å². The van der Waals surface area contributed by atoms with Gasteiger partial charge in [0.2, 0.25) is 17.7 Å². The van der Waals surface area contributed by atoms with Gasteiger partial charge < -0.3 is 14.1 Å². The first-order valence-electron chi connectivity index (χ1n) is 8.03. The average molecular weight is 330 g/mol. The third kappa shape index (κ3) is 3.98. The summed E-state index contributed by atoms with van der Waals surface area (Å²) in [6.07, 6.45) is 0. The molecule has 1 atom stereocenters. The topological polar surface area (TPSA) is 71.7 Å². The number of carbonyl (C=O) groups is 1. The molecular formula is C17H22N4O3. The summed E-state index contributed by atoms with van der Waals surface area (Å²) in [5.41, 5.74) is 1.18. The monoisotopic (exact) mass is 330 g/mol. The van der Waals surface area contributed by atoms with E-state index in [2.05, 4.69) is 22.3 Å². The molecule has 1 fully saturated rings. The molecule has 0 unspecified atom stereocenters. The minimum absolute atomic E-state index is 0.0394. The fraction of sp³-hybridized carbons (Fsp3) is 0.471. The number of morpholine rings is 1. The largest absolute Gasteiger partial charge is 0.423 e. The first-order chi connectivity index (χ1) is 11.6. The predicted molar refractivity (Wildman–Crippen MR) is 87.1 cm³/mol. The normalized spacial score (nSPS) is 18.1. The average Bonchev–Trinajstić information content (AvgIpc) is 3.02. The van der Waals surface area contributed by atoms with Gasteiger partial charge in [-0.15, -0.1) is 10.2 Å². The van der Waals surface area contributed by atoms with Crippen LogP contribution in [-0.4, -0.2) is 59.3 Å². The highest BCUT2D eigenvalue weighted by molar-refractivity contribution is 5.78. The Morgan fingerprint density at radius 3 is 2.83 bits per heavy atom. The number of aromatic nitrogens is 2. The number of ether oxygens (including phenoxy) is 1. The Labute approximate surface area is 141 Å². The highest BCUT2D eigenvalue weighted by Gasteiger charge is 2.32. The van der Waals surface area contributed by atoms with Gasteiger partial charge in [0.15, 0.2) is 0 Å². The maximum absolute atomic E-state index is 12.7. The van der Waals surface area contributed by atoms with Crippen LogP contribution in [0.4, 0.5) is 0 Å². The molecule has 1 aromatic heterocycles. The van der Waals surface area contributed by atoms with Gasteiger partial charge in [0.25, 0.3) is 0 Å². The Bertz CT molecular complexity index is 673. The summed E-state index contributed by atoms with van der Waals surface area (Å²) in [7, 11) is 1.94. The van der Waals surface area contributed by atoms with Gasteiger partial charge in [-0.3, -0.25) is 9.69 Å². The van der Waals surface area contributed by atoms with Crippen molar-refractivity contribution in [3.8, 4) is 0 Å². The van der Waals surface area contributed by atoms with Crippen molar-refractivity contribution >= 4 is 5.91 Å². The summed E-state index contributed by atoms with van der Waals surface area (Å²) in [4.78, 5) is 16.5. The lowest BCUT2D eigenvalue weighted by atomic mass is 10.2. The van der Waals surface area contributed by atoms with Gasteiger partial charge in [0, 0.05) is 20.0 Å². The van der Waals surface area contributed by atoms with Gasteiger partial charge >= 0.3 is 0 Å². The molecule has 1 aliphatic heterocycles. The van der Waals surface area contributed by atoms with Crippen LogP contribution in [0.25, 0.3) is 0 Å². The maximum Gasteiger partial charge on any atom is 0.241 e. The van der Waals surface area contributed by atoms with Crippen molar-refractivity contribution < 1.29 is 13.9 Å². The van der Waals surface area contributed by atoms with Gasteiger partial charge in [-0.05, 0) is 12.6 Å². The van der Waals surface area contributed by atoms with Crippen molar-refractivity contribution in [3.05, 3.63) is 47.7 Å². The first kappa shape index (κ1) is 16.6. The quantitative estimate of drug-likeness (QED) is 0.825.